The molecule has 0 unspecified atom stereocenters. The number of hydrogen-bond donors (Lipinski definition) is 0. The van der Waals surface area contributed by atoms with Gasteiger partial charge in [-0.05, 0) is 18.2 Å². The Morgan fingerprint density at radius 2 is 1.73 bits per heavy atom. The highest BCUT2D eigenvalue weighted by Crippen LogP contribution is 2.30. The number of hydrogen-bond acceptors (Lipinski definition) is 3. The van der Waals surface area contributed by atoms with Gasteiger partial charge in [-0.15, -0.1) is 0 Å². The molecule has 0 aliphatic rings. The molecule has 0 saturated carbocycles. The first kappa shape index (κ1) is 14.1. The van der Waals surface area contributed by atoms with E-state index in [1.54, 1.807) is 30.3 Å². The molecule has 2 aromatic carbocycles. The van der Waals surface area contributed by atoms with Crippen LogP contribution in [0.4, 0.5) is 13.2 Å². The number of nitrogens with zero attached hydrogens (tertiary/aromatic N) is 2. The van der Waals surface area contributed by atoms with E-state index in [-0.39, 0.29) is 11.5 Å². The average molecular weight is 306 g/mol. The zero-order chi connectivity index (χ0) is 15.7. The van der Waals surface area contributed by atoms with Crippen molar-refractivity contribution in [1.82, 2.24) is 9.72 Å². The SMILES string of the molecule is O=c1onc(-c2ccccc2)n1-c1cccc(C(F)(F)F)c1. The molecule has 1 heterocycles. The fourth-order valence-electron chi connectivity index (χ4n) is 2.07. The van der Waals surface area contributed by atoms with E-state index in [1.165, 1.54) is 12.1 Å². The van der Waals surface area contributed by atoms with Crippen molar-refractivity contribution in [1.29, 1.82) is 0 Å². The number of halogens is 3. The van der Waals surface area contributed by atoms with Gasteiger partial charge in [0.2, 0.25) is 0 Å². The fraction of sp³-hybridized carbons (Fsp3) is 0.0667. The number of benzene rings is 2. The average Bonchev–Trinajstić information content (AvgIpc) is 2.89. The lowest BCUT2D eigenvalue weighted by Gasteiger charge is -2.09. The molecule has 1 aromatic heterocycles. The van der Waals surface area contributed by atoms with Crippen LogP contribution in [-0.4, -0.2) is 9.72 Å². The molecule has 0 fully saturated rings. The van der Waals surface area contributed by atoms with Crippen LogP contribution >= 0.6 is 0 Å². The van der Waals surface area contributed by atoms with Crippen LogP contribution in [0, 0.1) is 0 Å². The standard InChI is InChI=1S/C15H9F3N2O2/c16-15(17,18)11-7-4-8-12(9-11)20-13(19-22-14(20)21)10-5-2-1-3-6-10/h1-9H. The van der Waals surface area contributed by atoms with Crippen molar-refractivity contribution in [2.75, 3.05) is 0 Å². The Morgan fingerprint density at radius 1 is 1.00 bits per heavy atom. The quantitative estimate of drug-likeness (QED) is 0.728. The smallest absolute Gasteiger partial charge is 0.295 e. The van der Waals surface area contributed by atoms with Crippen LogP contribution in [0.15, 0.2) is 63.9 Å². The monoisotopic (exact) mass is 306 g/mol. The molecule has 0 atom stereocenters. The van der Waals surface area contributed by atoms with Gasteiger partial charge in [0, 0.05) is 5.56 Å². The van der Waals surface area contributed by atoms with E-state index in [0.29, 0.717) is 5.56 Å². The number of alkyl halides is 3. The summed E-state index contributed by atoms with van der Waals surface area (Å²) in [5.74, 6) is -0.705. The summed E-state index contributed by atoms with van der Waals surface area (Å²) in [6.45, 7) is 0. The van der Waals surface area contributed by atoms with Gasteiger partial charge in [0.15, 0.2) is 5.82 Å². The van der Waals surface area contributed by atoms with Crippen molar-refractivity contribution in [2.24, 2.45) is 0 Å². The summed E-state index contributed by atoms with van der Waals surface area (Å²) in [7, 11) is 0. The van der Waals surface area contributed by atoms with Crippen LogP contribution < -0.4 is 5.76 Å². The first-order valence-corrected chi connectivity index (χ1v) is 6.28. The molecule has 7 heteroatoms. The molecule has 112 valence electrons. The van der Waals surface area contributed by atoms with E-state index in [0.717, 1.165) is 16.7 Å². The second-order valence-corrected chi connectivity index (χ2v) is 4.52. The Kier molecular flexibility index (Phi) is 3.32. The van der Waals surface area contributed by atoms with Gasteiger partial charge in [-0.1, -0.05) is 41.6 Å². The number of rotatable bonds is 2. The highest BCUT2D eigenvalue weighted by Gasteiger charge is 2.31. The lowest BCUT2D eigenvalue weighted by Crippen LogP contribution is -2.14. The molecular formula is C15H9F3N2O2. The molecule has 0 spiro atoms. The summed E-state index contributed by atoms with van der Waals surface area (Å²) in [6.07, 6.45) is -4.50. The van der Waals surface area contributed by atoms with E-state index < -0.39 is 17.5 Å². The van der Waals surface area contributed by atoms with Gasteiger partial charge in [0.1, 0.15) is 0 Å². The summed E-state index contributed by atoms with van der Waals surface area (Å²) in [5.41, 5.74) is -0.247. The van der Waals surface area contributed by atoms with Crippen molar-refractivity contribution in [3.8, 4) is 17.1 Å². The Morgan fingerprint density at radius 3 is 2.41 bits per heavy atom. The third kappa shape index (κ3) is 2.52. The van der Waals surface area contributed by atoms with Crippen molar-refractivity contribution < 1.29 is 17.7 Å². The molecule has 0 aliphatic heterocycles. The molecule has 0 saturated heterocycles. The topological polar surface area (TPSA) is 48.0 Å². The minimum Gasteiger partial charge on any atom is -0.295 e. The maximum Gasteiger partial charge on any atom is 0.446 e. The van der Waals surface area contributed by atoms with Gasteiger partial charge in [-0.25, -0.2) is 9.36 Å². The second kappa shape index (κ2) is 5.18. The van der Waals surface area contributed by atoms with Crippen LogP contribution in [0.1, 0.15) is 5.56 Å². The van der Waals surface area contributed by atoms with Gasteiger partial charge in [-0.2, -0.15) is 13.2 Å². The normalized spacial score (nSPS) is 11.6. The maximum absolute atomic E-state index is 12.8. The summed E-state index contributed by atoms with van der Waals surface area (Å²) < 4.78 is 44.0. The third-order valence-electron chi connectivity index (χ3n) is 3.07. The molecule has 0 amide bonds. The third-order valence-corrected chi connectivity index (χ3v) is 3.07. The van der Waals surface area contributed by atoms with Crippen LogP contribution in [0.3, 0.4) is 0 Å². The predicted octanol–water partition coefficient (Wildman–Crippen LogP) is 3.51. The van der Waals surface area contributed by atoms with Crippen LogP contribution in [0.5, 0.6) is 0 Å². The Balaban J connectivity index is 2.18. The lowest BCUT2D eigenvalue weighted by atomic mass is 10.1. The largest absolute Gasteiger partial charge is 0.446 e. The van der Waals surface area contributed by atoms with E-state index in [9.17, 15) is 18.0 Å². The molecular weight excluding hydrogens is 297 g/mol. The summed E-state index contributed by atoms with van der Waals surface area (Å²) >= 11 is 0. The van der Waals surface area contributed by atoms with Gasteiger partial charge in [0.25, 0.3) is 0 Å². The van der Waals surface area contributed by atoms with E-state index in [1.807, 2.05) is 0 Å². The Labute approximate surface area is 122 Å². The molecule has 22 heavy (non-hydrogen) atoms. The van der Waals surface area contributed by atoms with Crippen molar-refractivity contribution in [3.63, 3.8) is 0 Å². The molecule has 0 N–H and O–H groups in total. The zero-order valence-electron chi connectivity index (χ0n) is 11.0. The van der Waals surface area contributed by atoms with E-state index in [2.05, 4.69) is 9.68 Å². The minimum atomic E-state index is -4.50. The highest BCUT2D eigenvalue weighted by atomic mass is 19.4. The fourth-order valence-corrected chi connectivity index (χ4v) is 2.07. The van der Waals surface area contributed by atoms with Crippen LogP contribution in [-0.2, 0) is 6.18 Å². The number of aromatic nitrogens is 2. The molecule has 3 aromatic rings. The second-order valence-electron chi connectivity index (χ2n) is 4.52. The van der Waals surface area contributed by atoms with Crippen LogP contribution in [0.25, 0.3) is 17.1 Å². The van der Waals surface area contributed by atoms with Gasteiger partial charge in [-0.3, -0.25) is 4.52 Å². The molecule has 0 radical (unpaired) electrons. The van der Waals surface area contributed by atoms with Crippen LogP contribution in [0.2, 0.25) is 0 Å². The molecule has 0 bridgehead atoms. The van der Waals surface area contributed by atoms with Crippen molar-refractivity contribution in [2.45, 2.75) is 6.18 Å². The Hall–Kier alpha value is -2.83. The van der Waals surface area contributed by atoms with Crippen molar-refractivity contribution in [3.05, 3.63) is 70.7 Å². The first-order chi connectivity index (χ1) is 10.5. The maximum atomic E-state index is 12.8. The molecule has 0 aliphatic carbocycles. The summed E-state index contributed by atoms with van der Waals surface area (Å²) in [4.78, 5) is 11.8. The summed E-state index contributed by atoms with van der Waals surface area (Å²) in [5, 5.41) is 3.65. The predicted molar refractivity (Wildman–Crippen MR) is 72.5 cm³/mol. The molecule has 4 nitrogen and oxygen atoms in total. The molecule has 3 rings (SSSR count). The minimum absolute atomic E-state index is 0.0416. The van der Waals surface area contributed by atoms with E-state index in [4.69, 9.17) is 0 Å². The lowest BCUT2D eigenvalue weighted by molar-refractivity contribution is -0.137. The highest BCUT2D eigenvalue weighted by molar-refractivity contribution is 5.57. The van der Waals surface area contributed by atoms with Gasteiger partial charge < -0.3 is 0 Å². The summed E-state index contributed by atoms with van der Waals surface area (Å²) in [6, 6.07) is 13.0. The van der Waals surface area contributed by atoms with Gasteiger partial charge >= 0.3 is 11.9 Å². The zero-order valence-corrected chi connectivity index (χ0v) is 11.0. The van der Waals surface area contributed by atoms with Gasteiger partial charge in [0.05, 0.1) is 11.3 Å². The van der Waals surface area contributed by atoms with E-state index >= 15 is 0 Å². The Bertz CT molecular complexity index is 851. The van der Waals surface area contributed by atoms with Crippen molar-refractivity contribution >= 4 is 0 Å². The first-order valence-electron chi connectivity index (χ1n) is 6.28.